The van der Waals surface area contributed by atoms with E-state index in [9.17, 15) is 33.3 Å². The Morgan fingerprint density at radius 2 is 1.76 bits per heavy atom. The molecule has 0 saturated carbocycles. The fourth-order valence-corrected chi connectivity index (χ4v) is 5.24. The molecule has 5 unspecified atom stereocenters. The number of H-pyrrole nitrogens is 1. The molecule has 0 spiro atoms. The number of ether oxygens (including phenoxy) is 1. The molecular formula is C10H19N2O14P3. The van der Waals surface area contributed by atoms with E-state index < -0.39 is 59.8 Å². The van der Waals surface area contributed by atoms with Crippen LogP contribution in [0.5, 0.6) is 0 Å². The number of nitrogens with one attached hydrogen (secondary N) is 1. The number of aromatic amines is 1. The lowest BCUT2D eigenvalue weighted by molar-refractivity contribution is -0.0524. The van der Waals surface area contributed by atoms with Crippen LogP contribution in [0.2, 0.25) is 0 Å². The predicted octanol–water partition coefficient (Wildman–Crippen LogP) is -0.836. The van der Waals surface area contributed by atoms with Crippen molar-refractivity contribution in [1.82, 2.24) is 9.55 Å². The van der Waals surface area contributed by atoms with Gasteiger partial charge in [-0.1, -0.05) is 7.43 Å². The van der Waals surface area contributed by atoms with E-state index in [1.165, 1.54) is 0 Å². The van der Waals surface area contributed by atoms with Crippen molar-refractivity contribution < 1.29 is 56.3 Å². The molecule has 0 aromatic carbocycles. The maximum absolute atomic E-state index is 11.7. The molecule has 1 aliphatic heterocycles. The number of nitrogens with zero attached hydrogens (tertiary/aromatic N) is 1. The predicted molar refractivity (Wildman–Crippen MR) is 92.4 cm³/mol. The first-order valence-electron chi connectivity index (χ1n) is 7.11. The molecule has 1 saturated heterocycles. The molecule has 5 atom stereocenters. The third kappa shape index (κ3) is 7.98. The summed E-state index contributed by atoms with van der Waals surface area (Å²) in [6.07, 6.45) is -2.79. The van der Waals surface area contributed by atoms with Crippen LogP contribution in [0.3, 0.4) is 0 Å². The third-order valence-corrected chi connectivity index (χ3v) is 6.93. The van der Waals surface area contributed by atoms with Gasteiger partial charge in [0.15, 0.2) is 6.23 Å². The molecule has 0 bridgehead atoms. The number of hydrogen-bond donors (Lipinski definition) is 6. The number of phosphoric ester groups is 1. The Morgan fingerprint density at radius 3 is 2.31 bits per heavy atom. The highest BCUT2D eigenvalue weighted by Crippen LogP contribution is 2.66. The second-order valence-corrected chi connectivity index (χ2v) is 9.78. The quantitative estimate of drug-likeness (QED) is 0.247. The van der Waals surface area contributed by atoms with Gasteiger partial charge in [-0.25, -0.2) is 18.5 Å². The minimum absolute atomic E-state index is 0. The highest BCUT2D eigenvalue weighted by atomic mass is 31.3. The third-order valence-electron chi connectivity index (χ3n) is 3.13. The zero-order chi connectivity index (χ0) is 21.3. The Balaban J connectivity index is 0.00000420. The highest BCUT2D eigenvalue weighted by Gasteiger charge is 2.42. The molecule has 29 heavy (non-hydrogen) atoms. The first kappa shape index (κ1) is 26.0. The smallest absolute Gasteiger partial charge is 0.388 e. The number of aromatic nitrogens is 2. The highest BCUT2D eigenvalue weighted by molar-refractivity contribution is 7.66. The first-order valence-corrected chi connectivity index (χ1v) is 11.6. The van der Waals surface area contributed by atoms with Gasteiger partial charge in [-0.2, -0.15) is 8.62 Å². The standard InChI is InChI=1S/C9H15N2O14P3.CH4/c12-6-3-5(23-8(6)11-2-1-7(13)10-9(11)14)4-22-27(18,19)25-28(20,21)24-26(15,16)17;/h1-2,5-6,8,12H,3-4H2,(H,18,19)(H,20,21)(H,10,13,14)(H2,15,16,17);1H4. The maximum atomic E-state index is 11.7. The van der Waals surface area contributed by atoms with E-state index in [0.29, 0.717) is 0 Å². The van der Waals surface area contributed by atoms with Gasteiger partial charge in [-0.05, 0) is 0 Å². The minimum atomic E-state index is -5.65. The molecule has 6 N–H and O–H groups in total. The van der Waals surface area contributed by atoms with Gasteiger partial charge in [-0.3, -0.25) is 18.9 Å². The molecule has 0 radical (unpaired) electrons. The van der Waals surface area contributed by atoms with Crippen LogP contribution in [0.25, 0.3) is 0 Å². The molecule has 1 fully saturated rings. The van der Waals surface area contributed by atoms with Crippen LogP contribution >= 0.6 is 23.5 Å². The van der Waals surface area contributed by atoms with Gasteiger partial charge in [0.2, 0.25) is 0 Å². The van der Waals surface area contributed by atoms with Crippen LogP contribution in [0.4, 0.5) is 0 Å². The topological polar surface area (TPSA) is 244 Å². The summed E-state index contributed by atoms with van der Waals surface area (Å²) in [5.74, 6) is 0. The van der Waals surface area contributed by atoms with Crippen molar-refractivity contribution in [2.24, 2.45) is 0 Å². The Labute approximate surface area is 162 Å². The summed E-state index contributed by atoms with van der Waals surface area (Å²) in [4.78, 5) is 59.9. The van der Waals surface area contributed by atoms with E-state index in [2.05, 4.69) is 13.1 Å². The molecule has 1 aliphatic rings. The van der Waals surface area contributed by atoms with E-state index in [1.807, 2.05) is 4.98 Å². The zero-order valence-electron chi connectivity index (χ0n) is 13.5. The van der Waals surface area contributed by atoms with Crippen LogP contribution < -0.4 is 11.2 Å². The molecule has 1 aromatic rings. The molecule has 0 aliphatic carbocycles. The maximum Gasteiger partial charge on any atom is 0.490 e. The number of phosphoric acid groups is 3. The van der Waals surface area contributed by atoms with Gasteiger partial charge in [0.25, 0.3) is 5.56 Å². The molecular weight excluding hydrogens is 465 g/mol. The summed E-state index contributed by atoms with van der Waals surface area (Å²) in [7, 11) is -16.5. The van der Waals surface area contributed by atoms with Gasteiger partial charge >= 0.3 is 29.2 Å². The lowest BCUT2D eigenvalue weighted by atomic mass is 10.2. The van der Waals surface area contributed by atoms with Crippen LogP contribution in [-0.4, -0.2) is 53.0 Å². The normalized spacial score (nSPS) is 26.3. The molecule has 168 valence electrons. The number of aliphatic hydroxyl groups is 1. The van der Waals surface area contributed by atoms with Crippen molar-refractivity contribution in [2.75, 3.05) is 6.61 Å². The lowest BCUT2D eigenvalue weighted by Crippen LogP contribution is -2.34. The SMILES string of the molecule is C.O=c1ccn(C2OC(COP(=O)(O)OP(=O)(O)OP(=O)(O)O)CC2O)c(=O)[nH]1. The van der Waals surface area contributed by atoms with Crippen molar-refractivity contribution in [3.05, 3.63) is 33.1 Å². The van der Waals surface area contributed by atoms with E-state index in [1.54, 1.807) is 0 Å². The molecule has 2 rings (SSSR count). The van der Waals surface area contributed by atoms with Crippen LogP contribution in [-0.2, 0) is 31.6 Å². The number of rotatable bonds is 8. The summed E-state index contributed by atoms with van der Waals surface area (Å²) < 4.78 is 51.0. The van der Waals surface area contributed by atoms with Gasteiger partial charge < -0.3 is 29.4 Å². The largest absolute Gasteiger partial charge is 0.490 e. The van der Waals surface area contributed by atoms with Gasteiger partial charge in [0.1, 0.15) is 6.10 Å². The van der Waals surface area contributed by atoms with Gasteiger partial charge in [-0.15, -0.1) is 0 Å². The minimum Gasteiger partial charge on any atom is -0.388 e. The van der Waals surface area contributed by atoms with E-state index in [4.69, 9.17) is 19.4 Å². The van der Waals surface area contributed by atoms with Crippen molar-refractivity contribution in [3.8, 4) is 0 Å². The molecule has 0 amide bonds. The molecule has 16 nitrogen and oxygen atoms in total. The molecule has 1 aromatic heterocycles. The van der Waals surface area contributed by atoms with Crippen molar-refractivity contribution >= 4 is 23.5 Å². The second-order valence-electron chi connectivity index (χ2n) is 5.36. The summed E-state index contributed by atoms with van der Waals surface area (Å²) in [6.45, 7) is -0.782. The Hall–Kier alpha value is -0.990. The average Bonchev–Trinajstić information content (AvgIpc) is 2.82. The van der Waals surface area contributed by atoms with Crippen LogP contribution in [0.1, 0.15) is 20.1 Å². The second kappa shape index (κ2) is 9.43. The van der Waals surface area contributed by atoms with Gasteiger partial charge in [0, 0.05) is 18.7 Å². The zero-order valence-corrected chi connectivity index (χ0v) is 16.2. The number of aliphatic hydroxyl groups excluding tert-OH is 1. The van der Waals surface area contributed by atoms with Crippen molar-refractivity contribution in [3.63, 3.8) is 0 Å². The van der Waals surface area contributed by atoms with Gasteiger partial charge in [0.05, 0.1) is 12.7 Å². The Morgan fingerprint density at radius 1 is 1.14 bits per heavy atom. The summed E-state index contributed by atoms with van der Waals surface area (Å²) in [5, 5.41) is 9.96. The molecule has 19 heteroatoms. The van der Waals surface area contributed by atoms with E-state index >= 15 is 0 Å². The average molecular weight is 484 g/mol. The summed E-state index contributed by atoms with van der Waals surface area (Å²) >= 11 is 0. The summed E-state index contributed by atoms with van der Waals surface area (Å²) in [6, 6.07) is 0.997. The van der Waals surface area contributed by atoms with E-state index in [-0.39, 0.29) is 13.8 Å². The first-order chi connectivity index (χ1) is 12.7. The fraction of sp³-hybridized carbons (Fsp3) is 0.600. The number of hydrogen-bond acceptors (Lipinski definition) is 10. The van der Waals surface area contributed by atoms with E-state index in [0.717, 1.165) is 16.8 Å². The fourth-order valence-electron chi connectivity index (χ4n) is 2.20. The van der Waals surface area contributed by atoms with Crippen molar-refractivity contribution in [1.29, 1.82) is 0 Å². The lowest BCUT2D eigenvalue weighted by Gasteiger charge is -2.19. The van der Waals surface area contributed by atoms with Crippen LogP contribution in [0.15, 0.2) is 21.9 Å². The Bertz CT molecular complexity index is 967. The molecule has 2 heterocycles. The van der Waals surface area contributed by atoms with Crippen molar-refractivity contribution in [2.45, 2.75) is 32.3 Å². The Kier molecular flexibility index (Phi) is 8.47. The summed E-state index contributed by atoms with van der Waals surface area (Å²) in [5.41, 5.74) is -1.57. The van der Waals surface area contributed by atoms with Crippen LogP contribution in [0, 0.1) is 0 Å². The monoisotopic (exact) mass is 484 g/mol.